The van der Waals surface area contributed by atoms with Crippen LogP contribution in [0.5, 0.6) is 0 Å². The molecule has 138 valence electrons. The maximum atomic E-state index is 12.2. The Labute approximate surface area is 159 Å². The molecule has 0 saturated heterocycles. The van der Waals surface area contributed by atoms with Crippen LogP contribution in [0.3, 0.4) is 0 Å². The number of nitrogens with zero attached hydrogens (tertiary/aromatic N) is 2. The van der Waals surface area contributed by atoms with E-state index < -0.39 is 11.3 Å². The van der Waals surface area contributed by atoms with Gasteiger partial charge in [-0.1, -0.05) is 42.5 Å². The minimum atomic E-state index is -0.435. The summed E-state index contributed by atoms with van der Waals surface area (Å²) in [5, 5.41) is 0.888. The van der Waals surface area contributed by atoms with Gasteiger partial charge in [0.05, 0.1) is 21.8 Å². The number of para-hydroxylation sites is 2. The van der Waals surface area contributed by atoms with Crippen molar-refractivity contribution in [2.75, 3.05) is 0 Å². The summed E-state index contributed by atoms with van der Waals surface area (Å²) < 4.78 is 10.6. The third-order valence-corrected chi connectivity index (χ3v) is 4.26. The van der Waals surface area contributed by atoms with Crippen molar-refractivity contribution in [3.05, 3.63) is 99.4 Å². The Balaban J connectivity index is 1.62. The van der Waals surface area contributed by atoms with Crippen molar-refractivity contribution < 1.29 is 8.83 Å². The molecule has 2 heterocycles. The average molecular weight is 372 g/mol. The largest absolute Gasteiger partial charge is 0.408 e. The van der Waals surface area contributed by atoms with E-state index in [0.29, 0.717) is 39.7 Å². The number of rotatable bonds is 4. The zero-order chi connectivity index (χ0) is 19.5. The van der Waals surface area contributed by atoms with Crippen molar-refractivity contribution in [2.45, 2.75) is 13.3 Å². The number of fused-ring (bicyclic) bond motifs is 2. The molecule has 0 amide bonds. The third-order valence-electron chi connectivity index (χ3n) is 4.26. The molecule has 2 aromatic carbocycles. The maximum Gasteiger partial charge on any atom is 0.347 e. The molecule has 0 spiro atoms. The molecule has 28 heavy (non-hydrogen) atoms. The van der Waals surface area contributed by atoms with Gasteiger partial charge in [0.2, 0.25) is 11.8 Å². The molecule has 0 atom stereocenters. The summed E-state index contributed by atoms with van der Waals surface area (Å²) in [4.78, 5) is 33.0. The lowest BCUT2D eigenvalue weighted by atomic mass is 10.2. The molecule has 0 bridgehead atoms. The maximum absolute atomic E-state index is 12.2. The first-order chi connectivity index (χ1) is 13.7. The van der Waals surface area contributed by atoms with Crippen LogP contribution in [0.4, 0.5) is 0 Å². The molecule has 4 rings (SSSR count). The van der Waals surface area contributed by atoms with Gasteiger partial charge in [-0.05, 0) is 31.2 Å². The number of hydrogen-bond donors (Lipinski definition) is 0. The molecule has 2 aromatic heterocycles. The van der Waals surface area contributed by atoms with E-state index in [1.54, 1.807) is 54.6 Å². The molecule has 0 aliphatic heterocycles. The third kappa shape index (κ3) is 3.40. The topological polar surface area (TPSA) is 86.2 Å². The molecular weight excluding hydrogens is 356 g/mol. The second-order valence-electron chi connectivity index (χ2n) is 6.09. The van der Waals surface area contributed by atoms with Crippen molar-refractivity contribution >= 4 is 27.4 Å². The standard InChI is InChI=1S/C22H16N2O4/c1-2-14(20-24-18-12-6-4-10-16(18)22(26)28-20)8-7-13-19-23-17-11-5-3-9-15(17)21(25)27-19/h2-12H,13H2,1H3/b8-7-,14-2+. The summed E-state index contributed by atoms with van der Waals surface area (Å²) in [5.41, 5.74) is 0.961. The number of aromatic nitrogens is 2. The Morgan fingerprint density at radius 3 is 2.18 bits per heavy atom. The molecule has 0 fully saturated rings. The monoisotopic (exact) mass is 372 g/mol. The molecular formula is C22H16N2O4. The van der Waals surface area contributed by atoms with E-state index >= 15 is 0 Å². The van der Waals surface area contributed by atoms with Gasteiger partial charge in [-0.15, -0.1) is 0 Å². The van der Waals surface area contributed by atoms with Gasteiger partial charge in [-0.2, -0.15) is 0 Å². The van der Waals surface area contributed by atoms with Gasteiger partial charge in [0.25, 0.3) is 0 Å². The Bertz CT molecular complexity index is 1350. The first-order valence-electron chi connectivity index (χ1n) is 8.77. The summed E-state index contributed by atoms with van der Waals surface area (Å²) >= 11 is 0. The van der Waals surface area contributed by atoms with Gasteiger partial charge >= 0.3 is 11.3 Å². The zero-order valence-corrected chi connectivity index (χ0v) is 15.1. The summed E-state index contributed by atoms with van der Waals surface area (Å²) in [5.74, 6) is 0.540. The lowest BCUT2D eigenvalue weighted by molar-refractivity contribution is 0.456. The minimum Gasteiger partial charge on any atom is -0.408 e. The van der Waals surface area contributed by atoms with Gasteiger partial charge < -0.3 is 8.83 Å². The van der Waals surface area contributed by atoms with Crippen molar-refractivity contribution in [3.63, 3.8) is 0 Å². The number of allylic oxidation sites excluding steroid dienone is 4. The fourth-order valence-corrected chi connectivity index (χ4v) is 2.87. The van der Waals surface area contributed by atoms with E-state index in [4.69, 9.17) is 8.83 Å². The molecule has 0 radical (unpaired) electrons. The lowest BCUT2D eigenvalue weighted by Gasteiger charge is -2.02. The molecule has 0 unspecified atom stereocenters. The van der Waals surface area contributed by atoms with Gasteiger partial charge in [0, 0.05) is 12.0 Å². The van der Waals surface area contributed by atoms with Crippen molar-refractivity contribution in [3.8, 4) is 0 Å². The summed E-state index contributed by atoms with van der Waals surface area (Å²) in [6, 6.07) is 14.1. The van der Waals surface area contributed by atoms with Crippen LogP contribution >= 0.6 is 0 Å². The van der Waals surface area contributed by atoms with Crippen LogP contribution in [0, 0.1) is 0 Å². The van der Waals surface area contributed by atoms with Crippen LogP contribution in [0.2, 0.25) is 0 Å². The highest BCUT2D eigenvalue weighted by molar-refractivity contribution is 5.79. The molecule has 0 saturated carbocycles. The van der Waals surface area contributed by atoms with E-state index in [1.165, 1.54) is 0 Å². The highest BCUT2D eigenvalue weighted by Gasteiger charge is 2.09. The lowest BCUT2D eigenvalue weighted by Crippen LogP contribution is -2.05. The SMILES string of the molecule is C/C=C(\C=C/Cc1nc2ccccc2c(=O)o1)c1nc2ccccc2c(=O)o1. The summed E-state index contributed by atoms with van der Waals surface area (Å²) in [6.07, 6.45) is 5.65. The highest BCUT2D eigenvalue weighted by Crippen LogP contribution is 2.16. The zero-order valence-electron chi connectivity index (χ0n) is 15.1. The van der Waals surface area contributed by atoms with Crippen LogP contribution in [-0.4, -0.2) is 9.97 Å². The molecule has 0 N–H and O–H groups in total. The predicted octanol–water partition coefficient (Wildman–Crippen LogP) is 3.89. The minimum absolute atomic E-state index is 0.232. The fourth-order valence-electron chi connectivity index (χ4n) is 2.87. The second kappa shape index (κ2) is 7.44. The van der Waals surface area contributed by atoms with Crippen LogP contribution in [0.15, 0.2) is 85.2 Å². The first-order valence-corrected chi connectivity index (χ1v) is 8.77. The van der Waals surface area contributed by atoms with E-state index in [0.717, 1.165) is 0 Å². The van der Waals surface area contributed by atoms with Gasteiger partial charge in [0.1, 0.15) is 0 Å². The first kappa shape index (κ1) is 17.6. The number of benzene rings is 2. The smallest absolute Gasteiger partial charge is 0.347 e. The highest BCUT2D eigenvalue weighted by atomic mass is 16.4. The predicted molar refractivity (Wildman–Crippen MR) is 107 cm³/mol. The van der Waals surface area contributed by atoms with Crippen molar-refractivity contribution in [2.24, 2.45) is 0 Å². The van der Waals surface area contributed by atoms with Crippen LogP contribution in [0.1, 0.15) is 18.7 Å². The van der Waals surface area contributed by atoms with Crippen molar-refractivity contribution in [1.82, 2.24) is 9.97 Å². The summed E-state index contributed by atoms with van der Waals surface area (Å²) in [6.45, 7) is 1.82. The van der Waals surface area contributed by atoms with E-state index in [1.807, 2.05) is 19.1 Å². The fraction of sp³-hybridized carbons (Fsp3) is 0.0909. The van der Waals surface area contributed by atoms with Gasteiger partial charge in [0.15, 0.2) is 0 Å². The Kier molecular flexibility index (Phi) is 4.68. The molecule has 6 nitrogen and oxygen atoms in total. The second-order valence-corrected chi connectivity index (χ2v) is 6.09. The molecule has 6 heteroatoms. The Hall–Kier alpha value is -3.80. The van der Waals surface area contributed by atoms with Crippen LogP contribution < -0.4 is 11.3 Å². The van der Waals surface area contributed by atoms with Crippen molar-refractivity contribution in [1.29, 1.82) is 0 Å². The molecule has 0 aliphatic rings. The van der Waals surface area contributed by atoms with E-state index in [2.05, 4.69) is 9.97 Å². The van der Waals surface area contributed by atoms with Gasteiger partial charge in [-0.3, -0.25) is 0 Å². The normalized spacial score (nSPS) is 12.2. The van der Waals surface area contributed by atoms with Gasteiger partial charge in [-0.25, -0.2) is 19.6 Å². The Morgan fingerprint density at radius 2 is 1.50 bits per heavy atom. The molecule has 4 aromatic rings. The average Bonchev–Trinajstić information content (AvgIpc) is 2.71. The van der Waals surface area contributed by atoms with E-state index in [9.17, 15) is 9.59 Å². The van der Waals surface area contributed by atoms with E-state index in [-0.39, 0.29) is 5.89 Å². The molecule has 0 aliphatic carbocycles. The Morgan fingerprint density at radius 1 is 0.893 bits per heavy atom. The quantitative estimate of drug-likeness (QED) is 0.505. The van der Waals surface area contributed by atoms with Crippen LogP contribution in [0.25, 0.3) is 27.4 Å². The summed E-state index contributed by atoms with van der Waals surface area (Å²) in [7, 11) is 0. The number of hydrogen-bond acceptors (Lipinski definition) is 6. The van der Waals surface area contributed by atoms with Crippen LogP contribution in [-0.2, 0) is 6.42 Å².